The van der Waals surface area contributed by atoms with Crippen molar-refractivity contribution in [3.8, 4) is 0 Å². The highest BCUT2D eigenvalue weighted by molar-refractivity contribution is 5.21. The maximum atomic E-state index is 5.82. The summed E-state index contributed by atoms with van der Waals surface area (Å²) in [6, 6.07) is 4.28. The van der Waals surface area contributed by atoms with Gasteiger partial charge in [-0.25, -0.2) is 0 Å². The molecule has 3 heterocycles. The van der Waals surface area contributed by atoms with Gasteiger partial charge in [-0.1, -0.05) is 0 Å². The van der Waals surface area contributed by atoms with Crippen LogP contribution in [0.1, 0.15) is 30.8 Å². The van der Waals surface area contributed by atoms with Crippen LogP contribution >= 0.6 is 0 Å². The third-order valence-electron chi connectivity index (χ3n) is 3.83. The van der Waals surface area contributed by atoms with Crippen molar-refractivity contribution < 1.29 is 4.42 Å². The lowest BCUT2D eigenvalue weighted by Crippen LogP contribution is -2.36. The molecule has 2 aliphatic rings. The van der Waals surface area contributed by atoms with Crippen LogP contribution in [-0.2, 0) is 5.41 Å². The minimum Gasteiger partial charge on any atom is -0.466 e. The summed E-state index contributed by atoms with van der Waals surface area (Å²) in [5.41, 5.74) is 0.368. The predicted molar refractivity (Wildman–Crippen MR) is 55.4 cm³/mol. The van der Waals surface area contributed by atoms with Crippen molar-refractivity contribution in [1.29, 1.82) is 0 Å². The van der Waals surface area contributed by atoms with Gasteiger partial charge >= 0.3 is 0 Å². The fraction of sp³-hybridized carbons (Fsp3) is 0.667. The zero-order chi connectivity index (χ0) is 9.60. The Balaban J connectivity index is 1.96. The van der Waals surface area contributed by atoms with Crippen molar-refractivity contribution in [3.05, 3.63) is 23.7 Å². The number of piperidine rings is 1. The highest BCUT2D eigenvalue weighted by Crippen LogP contribution is 2.42. The third kappa shape index (κ3) is 1.13. The smallest absolute Gasteiger partial charge is 0.111 e. The number of nitrogens with zero attached hydrogens (tertiary/aromatic N) is 1. The zero-order valence-corrected chi connectivity index (χ0v) is 8.75. The van der Waals surface area contributed by atoms with Crippen LogP contribution in [0.25, 0.3) is 0 Å². The van der Waals surface area contributed by atoms with Crippen LogP contribution in [0, 0.1) is 6.92 Å². The summed E-state index contributed by atoms with van der Waals surface area (Å²) >= 11 is 0. The molecule has 14 heavy (non-hydrogen) atoms. The quantitative estimate of drug-likeness (QED) is 0.677. The highest BCUT2D eigenvalue weighted by Gasteiger charge is 2.44. The van der Waals surface area contributed by atoms with E-state index in [2.05, 4.69) is 17.0 Å². The van der Waals surface area contributed by atoms with Crippen LogP contribution in [0.3, 0.4) is 0 Å². The van der Waals surface area contributed by atoms with E-state index in [4.69, 9.17) is 4.42 Å². The first-order valence-corrected chi connectivity index (χ1v) is 5.58. The fourth-order valence-electron chi connectivity index (χ4n) is 3.04. The molecule has 1 aromatic heterocycles. The van der Waals surface area contributed by atoms with E-state index in [0.29, 0.717) is 5.41 Å². The van der Waals surface area contributed by atoms with E-state index in [1.807, 2.05) is 6.92 Å². The molecule has 0 aliphatic carbocycles. The van der Waals surface area contributed by atoms with Gasteiger partial charge in [0.15, 0.2) is 0 Å². The Bertz CT molecular complexity index is 340. The fourth-order valence-corrected chi connectivity index (χ4v) is 3.04. The van der Waals surface area contributed by atoms with E-state index in [9.17, 15) is 0 Å². The van der Waals surface area contributed by atoms with Crippen molar-refractivity contribution >= 4 is 0 Å². The molecule has 2 atom stereocenters. The Labute approximate surface area is 84.9 Å². The zero-order valence-electron chi connectivity index (χ0n) is 8.75. The largest absolute Gasteiger partial charge is 0.466 e. The average Bonchev–Trinajstić information content (AvgIpc) is 2.73. The van der Waals surface area contributed by atoms with Gasteiger partial charge in [-0.3, -0.25) is 0 Å². The second kappa shape index (κ2) is 2.86. The van der Waals surface area contributed by atoms with Crippen molar-refractivity contribution in [1.82, 2.24) is 4.90 Å². The first-order chi connectivity index (χ1) is 6.78. The number of fused-ring (bicyclic) bond motifs is 2. The van der Waals surface area contributed by atoms with Gasteiger partial charge in [-0.2, -0.15) is 0 Å². The van der Waals surface area contributed by atoms with Crippen molar-refractivity contribution in [2.75, 3.05) is 19.6 Å². The van der Waals surface area contributed by atoms with Crippen LogP contribution in [-0.4, -0.2) is 24.5 Å². The molecule has 0 amide bonds. The van der Waals surface area contributed by atoms with E-state index >= 15 is 0 Å². The van der Waals surface area contributed by atoms with E-state index in [-0.39, 0.29) is 0 Å². The minimum atomic E-state index is 0.368. The first kappa shape index (κ1) is 8.54. The molecular weight excluding hydrogens is 174 g/mol. The van der Waals surface area contributed by atoms with Crippen LogP contribution in [0.2, 0.25) is 0 Å². The molecule has 2 bridgehead atoms. The second-order valence-electron chi connectivity index (χ2n) is 4.82. The molecule has 0 saturated carbocycles. The lowest BCUT2D eigenvalue weighted by atomic mass is 9.79. The molecule has 2 fully saturated rings. The Kier molecular flexibility index (Phi) is 1.75. The molecule has 0 radical (unpaired) electrons. The maximum absolute atomic E-state index is 5.82. The second-order valence-corrected chi connectivity index (χ2v) is 4.82. The summed E-state index contributed by atoms with van der Waals surface area (Å²) in [6.07, 6.45) is 3.94. The monoisotopic (exact) mass is 191 g/mol. The normalized spacial score (nSPS) is 36.2. The van der Waals surface area contributed by atoms with E-state index < -0.39 is 0 Å². The van der Waals surface area contributed by atoms with E-state index in [0.717, 1.165) is 5.76 Å². The molecule has 2 nitrogen and oxygen atoms in total. The number of hydrogen-bond donors (Lipinski definition) is 0. The van der Waals surface area contributed by atoms with Crippen LogP contribution in [0.5, 0.6) is 0 Å². The van der Waals surface area contributed by atoms with Gasteiger partial charge in [0.2, 0.25) is 0 Å². The van der Waals surface area contributed by atoms with Gasteiger partial charge in [-0.15, -0.1) is 0 Å². The molecule has 2 aliphatic heterocycles. The Morgan fingerprint density at radius 1 is 1.29 bits per heavy atom. The summed E-state index contributed by atoms with van der Waals surface area (Å²) in [6.45, 7) is 5.82. The third-order valence-corrected chi connectivity index (χ3v) is 3.83. The maximum Gasteiger partial charge on any atom is 0.111 e. The van der Waals surface area contributed by atoms with Gasteiger partial charge < -0.3 is 9.32 Å². The van der Waals surface area contributed by atoms with E-state index in [1.54, 1.807) is 0 Å². The topological polar surface area (TPSA) is 16.4 Å². The van der Waals surface area contributed by atoms with Gasteiger partial charge in [0.05, 0.1) is 0 Å². The predicted octanol–water partition coefficient (Wildman–Crippen LogP) is 2.33. The van der Waals surface area contributed by atoms with Crippen molar-refractivity contribution in [2.45, 2.75) is 31.6 Å². The summed E-state index contributed by atoms with van der Waals surface area (Å²) < 4.78 is 5.82. The van der Waals surface area contributed by atoms with Gasteiger partial charge in [0.25, 0.3) is 0 Å². The molecule has 76 valence electrons. The lowest BCUT2D eigenvalue weighted by molar-refractivity contribution is 0.218. The number of aryl methyl sites for hydroxylation is 1. The molecule has 2 heteroatoms. The summed E-state index contributed by atoms with van der Waals surface area (Å²) in [4.78, 5) is 2.57. The molecule has 2 saturated heterocycles. The van der Waals surface area contributed by atoms with Crippen LogP contribution in [0.15, 0.2) is 16.5 Å². The van der Waals surface area contributed by atoms with Crippen LogP contribution < -0.4 is 0 Å². The summed E-state index contributed by atoms with van der Waals surface area (Å²) in [7, 11) is 0. The molecule has 0 aromatic carbocycles. The standard InChI is InChI=1S/C12H17NO/c1-10-3-4-11(14-10)12-5-2-7-13(9-12)8-6-12/h3-4H,2,5-9H2,1H3. The summed E-state index contributed by atoms with van der Waals surface area (Å²) in [5.74, 6) is 2.29. The van der Waals surface area contributed by atoms with Crippen molar-refractivity contribution in [3.63, 3.8) is 0 Å². The Morgan fingerprint density at radius 2 is 2.21 bits per heavy atom. The molecule has 3 rings (SSSR count). The summed E-state index contributed by atoms with van der Waals surface area (Å²) in [5, 5.41) is 0. The number of rotatable bonds is 1. The van der Waals surface area contributed by atoms with E-state index in [1.165, 1.54) is 44.7 Å². The van der Waals surface area contributed by atoms with Gasteiger partial charge in [-0.05, 0) is 51.4 Å². The number of furan rings is 1. The molecule has 0 spiro atoms. The first-order valence-electron chi connectivity index (χ1n) is 5.58. The SMILES string of the molecule is Cc1ccc(C23CCCN(CC2)C3)o1. The van der Waals surface area contributed by atoms with Crippen molar-refractivity contribution in [2.24, 2.45) is 0 Å². The Morgan fingerprint density at radius 3 is 3.00 bits per heavy atom. The molecule has 1 aromatic rings. The van der Waals surface area contributed by atoms with Gasteiger partial charge in [0, 0.05) is 12.0 Å². The average molecular weight is 191 g/mol. The molecule has 2 unspecified atom stereocenters. The highest BCUT2D eigenvalue weighted by atomic mass is 16.3. The molecule has 0 N–H and O–H groups in total. The number of hydrogen-bond acceptors (Lipinski definition) is 2. The van der Waals surface area contributed by atoms with Crippen LogP contribution in [0.4, 0.5) is 0 Å². The molecular formula is C12H17NO. The Hall–Kier alpha value is -0.760. The lowest BCUT2D eigenvalue weighted by Gasteiger charge is -2.32. The minimum absolute atomic E-state index is 0.368. The van der Waals surface area contributed by atoms with Gasteiger partial charge in [0.1, 0.15) is 11.5 Å².